The molecule has 0 aromatic heterocycles. The van der Waals surface area contributed by atoms with Crippen LogP contribution >= 0.6 is 11.6 Å². The molecule has 5 heteroatoms. The highest BCUT2D eigenvalue weighted by atomic mass is 35.5. The molecule has 20 heavy (non-hydrogen) atoms. The lowest BCUT2D eigenvalue weighted by molar-refractivity contribution is -0.130. The van der Waals surface area contributed by atoms with Crippen LogP contribution in [-0.2, 0) is 4.79 Å². The highest BCUT2D eigenvalue weighted by molar-refractivity contribution is 6.33. The van der Waals surface area contributed by atoms with Crippen molar-refractivity contribution >= 4 is 23.2 Å². The monoisotopic (exact) mass is 295 g/mol. The van der Waals surface area contributed by atoms with Crippen molar-refractivity contribution < 1.29 is 4.79 Å². The molecule has 0 saturated carbocycles. The first-order valence-electron chi connectivity index (χ1n) is 6.94. The summed E-state index contributed by atoms with van der Waals surface area (Å²) in [6.07, 6.45) is 0. The lowest BCUT2D eigenvalue weighted by Gasteiger charge is -2.32. The van der Waals surface area contributed by atoms with Crippen LogP contribution in [-0.4, -0.2) is 55.5 Å². The molecule has 0 spiro atoms. The van der Waals surface area contributed by atoms with Crippen LogP contribution in [0.3, 0.4) is 0 Å². The van der Waals surface area contributed by atoms with Gasteiger partial charge in [-0.3, -0.25) is 4.79 Å². The number of nitrogens with one attached hydrogen (secondary N) is 1. The van der Waals surface area contributed by atoms with Crippen LogP contribution in [0.1, 0.15) is 11.1 Å². The first-order valence-corrected chi connectivity index (χ1v) is 7.32. The summed E-state index contributed by atoms with van der Waals surface area (Å²) in [6, 6.07) is 3.98. The molecular weight excluding hydrogens is 274 g/mol. The molecule has 0 bridgehead atoms. The number of nitrogens with zero attached hydrogens (tertiary/aromatic N) is 2. The number of carbonyl (C=O) groups is 1. The van der Waals surface area contributed by atoms with Gasteiger partial charge in [-0.2, -0.15) is 0 Å². The Hall–Kier alpha value is -1.26. The van der Waals surface area contributed by atoms with E-state index in [1.54, 1.807) is 0 Å². The Balaban J connectivity index is 1.94. The third kappa shape index (κ3) is 3.64. The number of piperazine rings is 1. The Bertz CT molecular complexity index is 473. The Morgan fingerprint density at radius 3 is 2.50 bits per heavy atom. The molecule has 0 radical (unpaired) electrons. The van der Waals surface area contributed by atoms with Gasteiger partial charge in [0.05, 0.1) is 17.3 Å². The van der Waals surface area contributed by atoms with Gasteiger partial charge in [0.25, 0.3) is 0 Å². The number of amides is 1. The first-order chi connectivity index (χ1) is 9.47. The molecule has 0 atom stereocenters. The molecular formula is C15H22ClN3O. The minimum absolute atomic E-state index is 0.133. The summed E-state index contributed by atoms with van der Waals surface area (Å²) in [4.78, 5) is 16.3. The fraction of sp³-hybridized carbons (Fsp3) is 0.533. The summed E-state index contributed by atoms with van der Waals surface area (Å²) < 4.78 is 0. The standard InChI is InChI=1S/C15H22ClN3O/c1-11-8-12(2)15(13(16)9-11)17-10-14(20)19-6-4-18(3)5-7-19/h8-9,17H,4-7,10H2,1-3H3. The predicted octanol–water partition coefficient (Wildman–Crippen LogP) is 2.14. The van der Waals surface area contributed by atoms with Crippen molar-refractivity contribution in [3.8, 4) is 0 Å². The van der Waals surface area contributed by atoms with Crippen molar-refractivity contribution in [3.63, 3.8) is 0 Å². The number of anilines is 1. The summed E-state index contributed by atoms with van der Waals surface area (Å²) in [5, 5.41) is 3.85. The van der Waals surface area contributed by atoms with Crippen LogP contribution in [0.15, 0.2) is 12.1 Å². The molecule has 1 amide bonds. The summed E-state index contributed by atoms with van der Waals surface area (Å²) in [5.74, 6) is 0.133. The van der Waals surface area contributed by atoms with E-state index in [0.717, 1.165) is 43.0 Å². The first kappa shape index (κ1) is 15.1. The summed E-state index contributed by atoms with van der Waals surface area (Å²) in [7, 11) is 2.08. The number of aryl methyl sites for hydroxylation is 2. The van der Waals surface area contributed by atoms with E-state index in [1.807, 2.05) is 24.8 Å². The SMILES string of the molecule is Cc1cc(C)c(NCC(=O)N2CCN(C)CC2)c(Cl)c1. The highest BCUT2D eigenvalue weighted by Gasteiger charge is 2.19. The van der Waals surface area contributed by atoms with E-state index < -0.39 is 0 Å². The fourth-order valence-electron chi connectivity index (χ4n) is 2.47. The molecule has 1 fully saturated rings. The Labute approximate surface area is 125 Å². The largest absolute Gasteiger partial charge is 0.375 e. The number of halogens is 1. The number of rotatable bonds is 3. The smallest absolute Gasteiger partial charge is 0.241 e. The van der Waals surface area contributed by atoms with Gasteiger partial charge in [-0.25, -0.2) is 0 Å². The normalized spacial score (nSPS) is 16.3. The Morgan fingerprint density at radius 2 is 1.90 bits per heavy atom. The van der Waals surface area contributed by atoms with Gasteiger partial charge < -0.3 is 15.1 Å². The quantitative estimate of drug-likeness (QED) is 0.928. The Morgan fingerprint density at radius 1 is 1.25 bits per heavy atom. The van der Waals surface area contributed by atoms with Gasteiger partial charge in [-0.05, 0) is 38.1 Å². The van der Waals surface area contributed by atoms with E-state index in [-0.39, 0.29) is 5.91 Å². The van der Waals surface area contributed by atoms with Gasteiger partial charge in [-0.1, -0.05) is 17.7 Å². The number of hydrogen-bond donors (Lipinski definition) is 1. The average Bonchev–Trinajstić information content (AvgIpc) is 2.38. The zero-order valence-electron chi connectivity index (χ0n) is 12.4. The van der Waals surface area contributed by atoms with E-state index in [9.17, 15) is 4.79 Å². The molecule has 1 aromatic carbocycles. The molecule has 1 aromatic rings. The minimum atomic E-state index is 0.133. The summed E-state index contributed by atoms with van der Waals surface area (Å²) in [6.45, 7) is 7.80. The Kier molecular flexibility index (Phi) is 4.89. The molecule has 2 rings (SSSR count). The second-order valence-electron chi connectivity index (χ2n) is 5.48. The van der Waals surface area contributed by atoms with Crippen LogP contribution in [0.25, 0.3) is 0 Å². The maximum absolute atomic E-state index is 12.2. The van der Waals surface area contributed by atoms with Gasteiger partial charge in [0.15, 0.2) is 0 Å². The highest BCUT2D eigenvalue weighted by Crippen LogP contribution is 2.27. The van der Waals surface area contributed by atoms with Crippen molar-refractivity contribution in [2.24, 2.45) is 0 Å². The van der Waals surface area contributed by atoms with E-state index in [0.29, 0.717) is 11.6 Å². The zero-order chi connectivity index (χ0) is 14.7. The molecule has 1 heterocycles. The topological polar surface area (TPSA) is 35.6 Å². The average molecular weight is 296 g/mol. The second-order valence-corrected chi connectivity index (χ2v) is 5.88. The third-order valence-electron chi connectivity index (χ3n) is 3.70. The number of benzene rings is 1. The van der Waals surface area contributed by atoms with Gasteiger partial charge in [0.2, 0.25) is 5.91 Å². The summed E-state index contributed by atoms with van der Waals surface area (Å²) in [5.41, 5.74) is 3.06. The van der Waals surface area contributed by atoms with Gasteiger partial charge in [0, 0.05) is 26.2 Å². The van der Waals surface area contributed by atoms with Crippen LogP contribution in [0.5, 0.6) is 0 Å². The molecule has 1 saturated heterocycles. The molecule has 1 aliphatic heterocycles. The van der Waals surface area contributed by atoms with Crippen LogP contribution in [0, 0.1) is 13.8 Å². The van der Waals surface area contributed by atoms with Crippen molar-refractivity contribution in [2.45, 2.75) is 13.8 Å². The van der Waals surface area contributed by atoms with Crippen molar-refractivity contribution in [1.82, 2.24) is 9.80 Å². The lowest BCUT2D eigenvalue weighted by atomic mass is 10.1. The van der Waals surface area contributed by atoms with Crippen LogP contribution < -0.4 is 5.32 Å². The summed E-state index contributed by atoms with van der Waals surface area (Å²) >= 11 is 6.23. The third-order valence-corrected chi connectivity index (χ3v) is 4.00. The maximum Gasteiger partial charge on any atom is 0.241 e. The number of likely N-dealkylation sites (N-methyl/N-ethyl adjacent to an activating group) is 1. The molecule has 0 aliphatic carbocycles. The minimum Gasteiger partial charge on any atom is -0.375 e. The van der Waals surface area contributed by atoms with Gasteiger partial charge >= 0.3 is 0 Å². The number of carbonyl (C=O) groups excluding carboxylic acids is 1. The van der Waals surface area contributed by atoms with Gasteiger partial charge in [-0.15, -0.1) is 0 Å². The molecule has 0 unspecified atom stereocenters. The van der Waals surface area contributed by atoms with E-state index in [1.165, 1.54) is 0 Å². The van der Waals surface area contributed by atoms with Crippen molar-refractivity contribution in [3.05, 3.63) is 28.3 Å². The van der Waals surface area contributed by atoms with Crippen LogP contribution in [0.2, 0.25) is 5.02 Å². The van der Waals surface area contributed by atoms with E-state index >= 15 is 0 Å². The van der Waals surface area contributed by atoms with Gasteiger partial charge in [0.1, 0.15) is 0 Å². The van der Waals surface area contributed by atoms with E-state index in [2.05, 4.69) is 23.3 Å². The van der Waals surface area contributed by atoms with E-state index in [4.69, 9.17) is 11.6 Å². The molecule has 4 nitrogen and oxygen atoms in total. The zero-order valence-corrected chi connectivity index (χ0v) is 13.1. The lowest BCUT2D eigenvalue weighted by Crippen LogP contribution is -2.48. The fourth-order valence-corrected chi connectivity index (χ4v) is 2.86. The second kappa shape index (κ2) is 6.46. The number of hydrogen-bond acceptors (Lipinski definition) is 3. The van der Waals surface area contributed by atoms with Crippen LogP contribution in [0.4, 0.5) is 5.69 Å². The molecule has 110 valence electrons. The molecule has 1 aliphatic rings. The molecule has 1 N–H and O–H groups in total. The van der Waals surface area contributed by atoms with Crippen molar-refractivity contribution in [2.75, 3.05) is 45.1 Å². The van der Waals surface area contributed by atoms with Crippen molar-refractivity contribution in [1.29, 1.82) is 0 Å². The predicted molar refractivity (Wildman–Crippen MR) is 83.5 cm³/mol. The maximum atomic E-state index is 12.2.